The molecule has 0 spiro atoms. The van der Waals surface area contributed by atoms with Crippen molar-refractivity contribution in [1.82, 2.24) is 21.3 Å². The van der Waals surface area contributed by atoms with Crippen LogP contribution in [0.3, 0.4) is 0 Å². The molecule has 5 heterocycles. The molecular formula is C39H72N4O2. The van der Waals surface area contributed by atoms with E-state index >= 15 is 0 Å². The Morgan fingerprint density at radius 3 is 2.00 bits per heavy atom. The molecule has 8 bridgehead atoms. The first-order valence-electron chi connectivity index (χ1n) is 20.0. The van der Waals surface area contributed by atoms with Crippen LogP contribution in [-0.4, -0.2) is 72.3 Å². The maximum atomic E-state index is 11.6. The van der Waals surface area contributed by atoms with Gasteiger partial charge >= 0.3 is 0 Å². The second kappa shape index (κ2) is 14.7. The first kappa shape index (κ1) is 34.6. The monoisotopic (exact) mass is 629 g/mol. The van der Waals surface area contributed by atoms with E-state index in [0.717, 1.165) is 13.0 Å². The van der Waals surface area contributed by atoms with Gasteiger partial charge in [-0.1, -0.05) is 80.6 Å². The lowest BCUT2D eigenvalue weighted by Crippen LogP contribution is -2.48. The number of rotatable bonds is 10. The minimum absolute atomic E-state index is 0.170. The molecule has 5 N–H and O–H groups in total. The Morgan fingerprint density at radius 1 is 0.644 bits per heavy atom. The lowest BCUT2D eigenvalue weighted by Gasteiger charge is -2.32. The fourth-order valence-corrected chi connectivity index (χ4v) is 12.5. The second-order valence-electron chi connectivity index (χ2n) is 17.3. The van der Waals surface area contributed by atoms with E-state index in [1.807, 2.05) is 0 Å². The van der Waals surface area contributed by atoms with Gasteiger partial charge in [-0.15, -0.1) is 0 Å². The Kier molecular flexibility index (Phi) is 11.3. The first-order valence-corrected chi connectivity index (χ1v) is 20.0. The van der Waals surface area contributed by atoms with Crippen molar-refractivity contribution in [1.29, 1.82) is 0 Å². The highest BCUT2D eigenvalue weighted by Crippen LogP contribution is 2.50. The second-order valence-corrected chi connectivity index (χ2v) is 17.3. The van der Waals surface area contributed by atoms with Crippen LogP contribution >= 0.6 is 0 Å². The molecule has 1 aliphatic carbocycles. The summed E-state index contributed by atoms with van der Waals surface area (Å²) in [6, 6.07) is 4.09. The van der Waals surface area contributed by atoms with Crippen LogP contribution in [0.4, 0.5) is 0 Å². The van der Waals surface area contributed by atoms with E-state index in [-0.39, 0.29) is 12.2 Å². The Balaban J connectivity index is 1.29. The van der Waals surface area contributed by atoms with Crippen LogP contribution < -0.4 is 21.3 Å². The van der Waals surface area contributed by atoms with Gasteiger partial charge in [-0.3, -0.25) is 0 Å². The van der Waals surface area contributed by atoms with Crippen LogP contribution in [-0.2, 0) is 4.74 Å². The number of aliphatic hydroxyl groups is 1. The van der Waals surface area contributed by atoms with E-state index in [2.05, 4.69) is 76.7 Å². The van der Waals surface area contributed by atoms with E-state index in [9.17, 15) is 5.11 Å². The van der Waals surface area contributed by atoms with E-state index < -0.39 is 0 Å². The third kappa shape index (κ3) is 6.57. The molecule has 0 amide bonds. The molecule has 0 radical (unpaired) electrons. The van der Waals surface area contributed by atoms with Crippen molar-refractivity contribution in [3.05, 3.63) is 0 Å². The number of unbranched alkanes of at least 4 members (excludes halogenated alkanes) is 3. The van der Waals surface area contributed by atoms with Crippen LogP contribution in [0.25, 0.3) is 0 Å². The van der Waals surface area contributed by atoms with Crippen LogP contribution in [0.1, 0.15) is 126 Å². The molecule has 260 valence electrons. The van der Waals surface area contributed by atoms with Gasteiger partial charge < -0.3 is 31.1 Å². The van der Waals surface area contributed by atoms with E-state index in [1.54, 1.807) is 0 Å². The van der Waals surface area contributed by atoms with E-state index in [4.69, 9.17) is 4.74 Å². The standard InChI is InChI=1S/C39H72N4O2/c1-9-12-13-14-16-45-25(8)36-23(6)31-18-30-22(5)27(15-10-2)38(42-30)28-17-35(44)37-24(7)32(43-39(28)37)19-33-26(11-3)21(4)29(40-33)20-34(36)41-31/h21-44H,9-20H2,1-8H3/t21-,22+,23?,24?,25?,26-,27+,28?,29?,30?,31?,32?,33?,34?,35?,36?,37?,38?,39?/m1/s1. The number of hydrogen-bond acceptors (Lipinski definition) is 6. The van der Waals surface area contributed by atoms with Crippen molar-refractivity contribution in [3.8, 4) is 0 Å². The predicted octanol–water partition coefficient (Wildman–Crippen LogP) is 6.12. The molecule has 15 unspecified atom stereocenters. The third-order valence-corrected chi connectivity index (χ3v) is 15.0. The Hall–Kier alpha value is -0.240. The largest absolute Gasteiger partial charge is 0.393 e. The molecular weight excluding hydrogens is 556 g/mol. The van der Waals surface area contributed by atoms with E-state index in [0.29, 0.717) is 102 Å². The zero-order valence-electron chi connectivity index (χ0n) is 30.3. The van der Waals surface area contributed by atoms with Crippen molar-refractivity contribution >= 4 is 0 Å². The van der Waals surface area contributed by atoms with Crippen LogP contribution in [0.15, 0.2) is 0 Å². The average molecular weight is 629 g/mol. The van der Waals surface area contributed by atoms with Gasteiger partial charge in [-0.2, -0.15) is 0 Å². The molecule has 6 nitrogen and oxygen atoms in total. The highest BCUT2D eigenvalue weighted by molar-refractivity contribution is 5.14. The van der Waals surface area contributed by atoms with Crippen LogP contribution in [0.5, 0.6) is 0 Å². The average Bonchev–Trinajstić information content (AvgIpc) is 3.76. The summed E-state index contributed by atoms with van der Waals surface area (Å²) < 4.78 is 6.68. The summed E-state index contributed by atoms with van der Waals surface area (Å²) in [5, 5.41) is 28.7. The molecule has 6 aliphatic rings. The van der Waals surface area contributed by atoms with Crippen molar-refractivity contribution in [2.24, 2.45) is 53.3 Å². The van der Waals surface area contributed by atoms with Gasteiger partial charge in [-0.25, -0.2) is 0 Å². The summed E-state index contributed by atoms with van der Waals surface area (Å²) in [5.74, 6) is 5.34. The van der Waals surface area contributed by atoms with Crippen molar-refractivity contribution in [2.45, 2.75) is 187 Å². The Labute approximate surface area is 277 Å². The Bertz CT molecular complexity index is 950. The molecule has 45 heavy (non-hydrogen) atoms. The molecule has 6 rings (SSSR count). The molecule has 0 aromatic rings. The molecule has 0 aromatic heterocycles. The Morgan fingerprint density at radius 2 is 1.27 bits per heavy atom. The van der Waals surface area contributed by atoms with Gasteiger partial charge in [0.1, 0.15) is 0 Å². The molecule has 0 aromatic carbocycles. The van der Waals surface area contributed by atoms with Crippen LogP contribution in [0, 0.1) is 53.3 Å². The maximum Gasteiger partial charge on any atom is 0.0593 e. The number of fused-ring (bicyclic) bond motifs is 8. The minimum atomic E-state index is -0.170. The quantitative estimate of drug-likeness (QED) is 0.188. The van der Waals surface area contributed by atoms with Crippen molar-refractivity contribution in [2.75, 3.05) is 6.61 Å². The summed E-state index contributed by atoms with van der Waals surface area (Å²) in [4.78, 5) is 0. The number of nitrogens with one attached hydrogen (secondary N) is 4. The summed E-state index contributed by atoms with van der Waals surface area (Å²) >= 11 is 0. The summed E-state index contributed by atoms with van der Waals surface area (Å²) in [7, 11) is 0. The van der Waals surface area contributed by atoms with Gasteiger partial charge in [-0.05, 0) is 86.9 Å². The highest BCUT2D eigenvalue weighted by atomic mass is 16.5. The molecule has 5 saturated heterocycles. The lowest BCUT2D eigenvalue weighted by molar-refractivity contribution is 0.00388. The predicted molar refractivity (Wildman–Crippen MR) is 186 cm³/mol. The molecule has 5 aliphatic heterocycles. The zero-order valence-corrected chi connectivity index (χ0v) is 30.3. The summed E-state index contributed by atoms with van der Waals surface area (Å²) in [6.07, 6.45) is 13.6. The van der Waals surface area contributed by atoms with Gasteiger partial charge in [0.05, 0.1) is 12.2 Å². The van der Waals surface area contributed by atoms with Crippen LogP contribution in [0.2, 0.25) is 0 Å². The summed E-state index contributed by atoms with van der Waals surface area (Å²) in [6.45, 7) is 20.5. The topological polar surface area (TPSA) is 77.6 Å². The molecule has 6 heteroatoms. The van der Waals surface area contributed by atoms with Gasteiger partial charge in [0.15, 0.2) is 0 Å². The SMILES string of the molecule is CCCCCCOC(C)C1C2CC3NC(CC4NC5C(CC(O)C5C4C)C4NC(CC(N2)C1C)[C@@H](C)[C@@H]4CCC)[C@H](CC)[C@H]3C. The smallest absolute Gasteiger partial charge is 0.0593 e. The lowest BCUT2D eigenvalue weighted by atomic mass is 9.76. The minimum Gasteiger partial charge on any atom is -0.393 e. The van der Waals surface area contributed by atoms with Crippen molar-refractivity contribution < 1.29 is 9.84 Å². The molecule has 6 fully saturated rings. The highest BCUT2D eigenvalue weighted by Gasteiger charge is 2.58. The van der Waals surface area contributed by atoms with Gasteiger partial charge in [0.25, 0.3) is 0 Å². The number of aliphatic hydroxyl groups excluding tert-OH is 1. The fraction of sp³-hybridized carbons (Fsp3) is 1.00. The van der Waals surface area contributed by atoms with Crippen molar-refractivity contribution in [3.63, 3.8) is 0 Å². The third-order valence-electron chi connectivity index (χ3n) is 15.0. The molecule has 19 atom stereocenters. The molecule has 1 saturated carbocycles. The first-order chi connectivity index (χ1) is 21.7. The van der Waals surface area contributed by atoms with E-state index in [1.165, 1.54) is 64.2 Å². The maximum absolute atomic E-state index is 11.6. The fourth-order valence-electron chi connectivity index (χ4n) is 12.5. The normalized spacial score (nSPS) is 51.7. The van der Waals surface area contributed by atoms with Gasteiger partial charge in [0.2, 0.25) is 0 Å². The zero-order chi connectivity index (χ0) is 32.0. The van der Waals surface area contributed by atoms with Gasteiger partial charge in [0, 0.05) is 66.8 Å². The number of ether oxygens (including phenoxy) is 1. The number of hydrogen-bond donors (Lipinski definition) is 5. The summed E-state index contributed by atoms with van der Waals surface area (Å²) in [5.41, 5.74) is 0.